The Hall–Kier alpha value is -0.180. The molecule has 2 rings (SSSR count). The van der Waals surface area contributed by atoms with Crippen molar-refractivity contribution < 1.29 is 9.53 Å². The number of fused-ring (bicyclic) bond motifs is 2. The fourth-order valence-electron chi connectivity index (χ4n) is 4.27. The first-order chi connectivity index (χ1) is 8.90. The van der Waals surface area contributed by atoms with Crippen LogP contribution in [0.15, 0.2) is 0 Å². The molecular formula is C16H28O2S. The van der Waals surface area contributed by atoms with E-state index in [9.17, 15) is 4.79 Å². The van der Waals surface area contributed by atoms with E-state index in [1.54, 1.807) is 0 Å². The lowest BCUT2D eigenvalue weighted by molar-refractivity contribution is -0.164. The summed E-state index contributed by atoms with van der Waals surface area (Å²) in [6.45, 7) is 6.58. The molecule has 2 nitrogen and oxygen atoms in total. The van der Waals surface area contributed by atoms with Crippen molar-refractivity contribution in [2.45, 2.75) is 64.9 Å². The molecule has 0 aliphatic heterocycles. The number of esters is 1. The van der Waals surface area contributed by atoms with Gasteiger partial charge in [0.15, 0.2) is 0 Å². The minimum absolute atomic E-state index is 0.0934. The van der Waals surface area contributed by atoms with Crippen molar-refractivity contribution in [3.8, 4) is 0 Å². The molecule has 0 saturated heterocycles. The first kappa shape index (κ1) is 15.2. The van der Waals surface area contributed by atoms with E-state index in [4.69, 9.17) is 4.74 Å². The van der Waals surface area contributed by atoms with E-state index in [2.05, 4.69) is 33.4 Å². The van der Waals surface area contributed by atoms with Crippen molar-refractivity contribution in [3.05, 3.63) is 0 Å². The van der Waals surface area contributed by atoms with Gasteiger partial charge in [-0.1, -0.05) is 6.92 Å². The predicted molar refractivity (Wildman–Crippen MR) is 81.4 cm³/mol. The normalized spacial score (nSPS) is 34.9. The third kappa shape index (κ3) is 3.90. The summed E-state index contributed by atoms with van der Waals surface area (Å²) in [4.78, 5) is 11.7. The van der Waals surface area contributed by atoms with Crippen LogP contribution in [-0.4, -0.2) is 17.3 Å². The summed E-state index contributed by atoms with van der Waals surface area (Å²) >= 11 is 4.10. The van der Waals surface area contributed by atoms with Crippen LogP contribution in [0.25, 0.3) is 0 Å². The van der Waals surface area contributed by atoms with E-state index < -0.39 is 0 Å². The largest absolute Gasteiger partial charge is 0.459 e. The van der Waals surface area contributed by atoms with Gasteiger partial charge in [-0.2, -0.15) is 12.6 Å². The molecule has 110 valence electrons. The van der Waals surface area contributed by atoms with Crippen molar-refractivity contribution in [1.82, 2.24) is 0 Å². The summed E-state index contributed by atoms with van der Waals surface area (Å²) in [5.41, 5.74) is -0.308. The molecule has 3 heteroatoms. The van der Waals surface area contributed by atoms with Gasteiger partial charge in [0, 0.05) is 5.75 Å². The average molecular weight is 284 g/mol. The fraction of sp³-hybridized carbons (Fsp3) is 0.938. The van der Waals surface area contributed by atoms with Gasteiger partial charge < -0.3 is 4.74 Å². The summed E-state index contributed by atoms with van der Waals surface area (Å²) in [5.74, 6) is 3.62. The quantitative estimate of drug-likeness (QED) is 0.621. The molecule has 2 aliphatic carbocycles. The zero-order valence-corrected chi connectivity index (χ0v) is 13.4. The van der Waals surface area contributed by atoms with Crippen LogP contribution in [0.3, 0.4) is 0 Å². The molecule has 0 radical (unpaired) electrons. The van der Waals surface area contributed by atoms with E-state index in [0.717, 1.165) is 17.8 Å². The van der Waals surface area contributed by atoms with Gasteiger partial charge in [-0.25, -0.2) is 0 Å². The van der Waals surface area contributed by atoms with Crippen LogP contribution in [0, 0.1) is 23.7 Å². The lowest BCUT2D eigenvalue weighted by Gasteiger charge is -2.46. The molecule has 2 unspecified atom stereocenters. The maximum Gasteiger partial charge on any atom is 0.307 e. The molecule has 2 bridgehead atoms. The van der Waals surface area contributed by atoms with Crippen LogP contribution in [-0.2, 0) is 9.53 Å². The van der Waals surface area contributed by atoms with Crippen LogP contribution in [0.4, 0.5) is 0 Å². The third-order valence-corrected chi connectivity index (χ3v) is 5.27. The maximum absolute atomic E-state index is 11.7. The molecule has 0 aromatic carbocycles. The van der Waals surface area contributed by atoms with Crippen LogP contribution in [0.5, 0.6) is 0 Å². The second kappa shape index (κ2) is 6.07. The van der Waals surface area contributed by atoms with Crippen LogP contribution in [0.2, 0.25) is 0 Å². The average Bonchev–Trinajstić information content (AvgIpc) is 2.26. The second-order valence-electron chi connectivity index (χ2n) is 7.26. The summed E-state index contributed by atoms with van der Waals surface area (Å²) in [5, 5.41) is 0. The summed E-state index contributed by atoms with van der Waals surface area (Å²) < 4.78 is 5.72. The predicted octanol–water partition coefficient (Wildman–Crippen LogP) is 4.09. The molecule has 2 fully saturated rings. The number of ether oxygens (including phenoxy) is 1. The molecular weight excluding hydrogens is 256 g/mol. The Morgan fingerprint density at radius 1 is 1.16 bits per heavy atom. The summed E-state index contributed by atoms with van der Waals surface area (Å²) in [7, 11) is 0. The van der Waals surface area contributed by atoms with Gasteiger partial charge in [0.05, 0.1) is 6.42 Å². The highest BCUT2D eigenvalue weighted by Crippen LogP contribution is 2.48. The highest BCUT2D eigenvalue weighted by Gasteiger charge is 2.42. The summed E-state index contributed by atoms with van der Waals surface area (Å²) in [6, 6.07) is 0. The Balaban J connectivity index is 1.95. The van der Waals surface area contributed by atoms with Crippen molar-refractivity contribution in [2.24, 2.45) is 23.7 Å². The molecule has 0 aromatic heterocycles. The van der Waals surface area contributed by atoms with Crippen LogP contribution in [0.1, 0.15) is 59.3 Å². The molecule has 2 atom stereocenters. The fourth-order valence-corrected chi connectivity index (χ4v) is 4.45. The Labute approximate surface area is 123 Å². The molecule has 2 saturated carbocycles. The van der Waals surface area contributed by atoms with Gasteiger partial charge in [0.2, 0.25) is 0 Å². The molecule has 19 heavy (non-hydrogen) atoms. The number of carbonyl (C=O) groups is 1. The molecule has 0 N–H and O–H groups in total. The smallest absolute Gasteiger partial charge is 0.307 e. The van der Waals surface area contributed by atoms with E-state index in [-0.39, 0.29) is 11.6 Å². The Morgan fingerprint density at radius 2 is 1.74 bits per heavy atom. The Bertz CT molecular complexity index is 309. The van der Waals surface area contributed by atoms with Crippen molar-refractivity contribution >= 4 is 18.6 Å². The SMILES string of the molecule is CC1CC2CC(C1)CC(C(C)(C)OC(=O)CCS)C2. The first-order valence-corrected chi connectivity index (χ1v) is 8.36. The highest BCUT2D eigenvalue weighted by molar-refractivity contribution is 7.80. The number of thiol groups is 1. The first-order valence-electron chi connectivity index (χ1n) is 7.73. The lowest BCUT2D eigenvalue weighted by Crippen LogP contribution is -2.43. The van der Waals surface area contributed by atoms with Crippen LogP contribution >= 0.6 is 12.6 Å². The molecule has 0 amide bonds. The molecule has 0 aromatic rings. The highest BCUT2D eigenvalue weighted by atomic mass is 32.1. The number of rotatable bonds is 4. The third-order valence-electron chi connectivity index (χ3n) is 5.05. The zero-order valence-electron chi connectivity index (χ0n) is 12.5. The van der Waals surface area contributed by atoms with Crippen molar-refractivity contribution in [2.75, 3.05) is 5.75 Å². The van der Waals surface area contributed by atoms with Crippen LogP contribution < -0.4 is 0 Å². The van der Waals surface area contributed by atoms with E-state index in [0.29, 0.717) is 18.1 Å². The van der Waals surface area contributed by atoms with Crippen molar-refractivity contribution in [3.63, 3.8) is 0 Å². The van der Waals surface area contributed by atoms with Gasteiger partial charge in [-0.3, -0.25) is 4.79 Å². The van der Waals surface area contributed by atoms with Gasteiger partial charge in [-0.15, -0.1) is 0 Å². The minimum Gasteiger partial charge on any atom is -0.459 e. The zero-order chi connectivity index (χ0) is 14.0. The Kier molecular flexibility index (Phi) is 4.86. The number of hydrogen-bond donors (Lipinski definition) is 1. The van der Waals surface area contributed by atoms with E-state index in [1.165, 1.54) is 32.1 Å². The molecule has 0 heterocycles. The van der Waals surface area contributed by atoms with Gasteiger partial charge in [-0.05, 0) is 69.6 Å². The van der Waals surface area contributed by atoms with E-state index >= 15 is 0 Å². The van der Waals surface area contributed by atoms with E-state index in [1.807, 2.05) is 0 Å². The van der Waals surface area contributed by atoms with Gasteiger partial charge in [0.25, 0.3) is 0 Å². The molecule has 0 spiro atoms. The molecule has 2 aliphatic rings. The topological polar surface area (TPSA) is 26.3 Å². The monoisotopic (exact) mass is 284 g/mol. The van der Waals surface area contributed by atoms with Crippen molar-refractivity contribution in [1.29, 1.82) is 0 Å². The number of hydrogen-bond acceptors (Lipinski definition) is 3. The lowest BCUT2D eigenvalue weighted by atomic mass is 9.62. The maximum atomic E-state index is 11.7. The Morgan fingerprint density at radius 3 is 2.26 bits per heavy atom. The standard InChI is InChI=1S/C16H28O2S/c1-11-6-12-8-13(7-11)10-14(9-12)16(2,3)18-15(17)4-5-19/h11-14,19H,4-10H2,1-3H3. The second-order valence-corrected chi connectivity index (χ2v) is 7.71. The van der Waals surface area contributed by atoms with Gasteiger partial charge >= 0.3 is 5.97 Å². The number of carbonyl (C=O) groups excluding carboxylic acids is 1. The summed E-state index contributed by atoms with van der Waals surface area (Å²) in [6.07, 6.45) is 7.04. The van der Waals surface area contributed by atoms with Gasteiger partial charge in [0.1, 0.15) is 5.60 Å². The minimum atomic E-state index is -0.308.